The van der Waals surface area contributed by atoms with Crippen LogP contribution in [0, 0.1) is 0 Å². The molecule has 0 spiro atoms. The largest absolute Gasteiger partial charge is 0.344 e. The summed E-state index contributed by atoms with van der Waals surface area (Å²) in [5.74, 6) is -1.07. The fourth-order valence-corrected chi connectivity index (χ4v) is 0.750. The normalized spacial score (nSPS) is 9.14. The highest BCUT2D eigenvalue weighted by Crippen LogP contribution is 1.97. The fraction of sp³-hybridized carbons (Fsp3) is 0.125. The standard InChI is InChI=1S/C8H10N4O2/c1-2-4-9-7(13)8(14)11-6-3-5-10-12-6/h2-3,5H,1,4H2,(H,9,13)(H2,10,11,12,14). The molecular weight excluding hydrogens is 184 g/mol. The van der Waals surface area contributed by atoms with Crippen LogP contribution in [0.1, 0.15) is 0 Å². The molecule has 74 valence electrons. The molecule has 0 atom stereocenters. The van der Waals surface area contributed by atoms with Gasteiger partial charge in [-0.15, -0.1) is 6.58 Å². The van der Waals surface area contributed by atoms with Gasteiger partial charge in [-0.05, 0) is 0 Å². The van der Waals surface area contributed by atoms with E-state index in [2.05, 4.69) is 27.4 Å². The van der Waals surface area contributed by atoms with Crippen molar-refractivity contribution in [2.45, 2.75) is 0 Å². The van der Waals surface area contributed by atoms with Crippen molar-refractivity contribution in [3.05, 3.63) is 24.9 Å². The van der Waals surface area contributed by atoms with Gasteiger partial charge in [0, 0.05) is 12.6 Å². The number of hydrogen-bond acceptors (Lipinski definition) is 3. The van der Waals surface area contributed by atoms with Crippen LogP contribution in [0.15, 0.2) is 24.9 Å². The zero-order valence-corrected chi connectivity index (χ0v) is 7.41. The Hall–Kier alpha value is -2.11. The number of nitrogens with zero attached hydrogens (tertiary/aromatic N) is 1. The first-order valence-electron chi connectivity index (χ1n) is 3.93. The number of rotatable bonds is 3. The van der Waals surface area contributed by atoms with Crippen LogP contribution >= 0.6 is 0 Å². The average molecular weight is 194 g/mol. The van der Waals surface area contributed by atoms with Gasteiger partial charge in [0.25, 0.3) is 0 Å². The van der Waals surface area contributed by atoms with Crippen LogP contribution in [0.2, 0.25) is 0 Å². The van der Waals surface area contributed by atoms with Crippen molar-refractivity contribution in [1.29, 1.82) is 0 Å². The number of hydrogen-bond donors (Lipinski definition) is 3. The number of carbonyl (C=O) groups is 2. The Bertz CT molecular complexity index is 331. The quantitative estimate of drug-likeness (QED) is 0.454. The average Bonchev–Trinajstić information content (AvgIpc) is 2.66. The molecule has 3 N–H and O–H groups in total. The zero-order chi connectivity index (χ0) is 10.4. The molecule has 0 radical (unpaired) electrons. The third kappa shape index (κ3) is 2.74. The topological polar surface area (TPSA) is 86.9 Å². The molecule has 14 heavy (non-hydrogen) atoms. The Morgan fingerprint density at radius 3 is 2.93 bits per heavy atom. The van der Waals surface area contributed by atoms with Gasteiger partial charge in [-0.2, -0.15) is 5.10 Å². The molecule has 0 fully saturated rings. The molecule has 0 saturated heterocycles. The molecule has 1 rings (SSSR count). The number of nitrogens with one attached hydrogen (secondary N) is 3. The summed E-state index contributed by atoms with van der Waals surface area (Å²) in [7, 11) is 0. The van der Waals surface area contributed by atoms with Crippen molar-refractivity contribution in [2.75, 3.05) is 11.9 Å². The lowest BCUT2D eigenvalue weighted by atomic mass is 10.5. The summed E-state index contributed by atoms with van der Waals surface area (Å²) in [6.45, 7) is 3.66. The predicted octanol–water partition coefficient (Wildman–Crippen LogP) is -0.350. The second kappa shape index (κ2) is 4.80. The molecule has 0 aliphatic heterocycles. The fourth-order valence-electron chi connectivity index (χ4n) is 0.750. The molecule has 1 heterocycles. The summed E-state index contributed by atoms with van der Waals surface area (Å²) >= 11 is 0. The molecule has 0 saturated carbocycles. The van der Waals surface area contributed by atoms with Gasteiger partial charge in [-0.25, -0.2) is 0 Å². The number of H-pyrrole nitrogens is 1. The Morgan fingerprint density at radius 1 is 1.57 bits per heavy atom. The van der Waals surface area contributed by atoms with E-state index in [4.69, 9.17) is 0 Å². The summed E-state index contributed by atoms with van der Waals surface area (Å²) in [6, 6.07) is 1.54. The lowest BCUT2D eigenvalue weighted by Crippen LogP contribution is -2.35. The number of anilines is 1. The second-order valence-electron chi connectivity index (χ2n) is 2.42. The van der Waals surface area contributed by atoms with Gasteiger partial charge in [-0.3, -0.25) is 14.7 Å². The van der Waals surface area contributed by atoms with Crippen LogP contribution in [-0.2, 0) is 9.59 Å². The Labute approximate surface area is 80.4 Å². The summed E-state index contributed by atoms with van der Waals surface area (Å²) < 4.78 is 0. The maximum atomic E-state index is 11.1. The van der Waals surface area contributed by atoms with E-state index in [1.54, 1.807) is 6.07 Å². The highest BCUT2D eigenvalue weighted by atomic mass is 16.2. The van der Waals surface area contributed by atoms with Gasteiger partial charge < -0.3 is 10.6 Å². The Kier molecular flexibility index (Phi) is 3.42. The van der Waals surface area contributed by atoms with Crippen LogP contribution in [0.25, 0.3) is 0 Å². The molecular formula is C8H10N4O2. The molecule has 6 heteroatoms. The van der Waals surface area contributed by atoms with Crippen LogP contribution in [0.3, 0.4) is 0 Å². The van der Waals surface area contributed by atoms with Gasteiger partial charge in [0.05, 0.1) is 6.20 Å². The van der Waals surface area contributed by atoms with Crippen molar-refractivity contribution in [3.8, 4) is 0 Å². The maximum absolute atomic E-state index is 11.1. The predicted molar refractivity (Wildman–Crippen MR) is 50.4 cm³/mol. The lowest BCUT2D eigenvalue weighted by molar-refractivity contribution is -0.136. The minimum atomic E-state index is -0.740. The third-order valence-electron chi connectivity index (χ3n) is 1.36. The SMILES string of the molecule is C=CCNC(=O)C(=O)Nc1ccn[nH]1. The van der Waals surface area contributed by atoms with E-state index >= 15 is 0 Å². The van der Waals surface area contributed by atoms with Crippen molar-refractivity contribution in [2.24, 2.45) is 0 Å². The van der Waals surface area contributed by atoms with Crippen LogP contribution < -0.4 is 10.6 Å². The van der Waals surface area contributed by atoms with Crippen molar-refractivity contribution < 1.29 is 9.59 Å². The van der Waals surface area contributed by atoms with E-state index in [9.17, 15) is 9.59 Å². The lowest BCUT2D eigenvalue weighted by Gasteiger charge is -2.01. The third-order valence-corrected chi connectivity index (χ3v) is 1.36. The Balaban J connectivity index is 2.42. The first-order chi connectivity index (χ1) is 6.74. The molecule has 0 aromatic carbocycles. The van der Waals surface area contributed by atoms with Gasteiger partial charge in [0.15, 0.2) is 0 Å². The molecule has 2 amide bonds. The molecule has 0 aliphatic rings. The molecule has 0 bridgehead atoms. The molecule has 1 aromatic rings. The summed E-state index contributed by atoms with van der Waals surface area (Å²) in [5.41, 5.74) is 0. The van der Waals surface area contributed by atoms with Gasteiger partial charge >= 0.3 is 11.8 Å². The summed E-state index contributed by atoms with van der Waals surface area (Å²) in [6.07, 6.45) is 2.96. The van der Waals surface area contributed by atoms with Crippen LogP contribution in [-0.4, -0.2) is 28.6 Å². The van der Waals surface area contributed by atoms with E-state index in [0.717, 1.165) is 0 Å². The monoisotopic (exact) mass is 194 g/mol. The Morgan fingerprint density at radius 2 is 2.36 bits per heavy atom. The summed E-state index contributed by atoms with van der Waals surface area (Å²) in [4.78, 5) is 22.1. The molecule has 6 nitrogen and oxygen atoms in total. The van der Waals surface area contributed by atoms with Crippen molar-refractivity contribution >= 4 is 17.6 Å². The van der Waals surface area contributed by atoms with Gasteiger partial charge in [0.1, 0.15) is 5.82 Å². The van der Waals surface area contributed by atoms with Gasteiger partial charge in [-0.1, -0.05) is 6.08 Å². The van der Waals surface area contributed by atoms with E-state index < -0.39 is 11.8 Å². The van der Waals surface area contributed by atoms with Crippen LogP contribution in [0.4, 0.5) is 5.82 Å². The number of aromatic amines is 1. The van der Waals surface area contributed by atoms with Crippen LogP contribution in [0.5, 0.6) is 0 Å². The molecule has 0 unspecified atom stereocenters. The highest BCUT2D eigenvalue weighted by Gasteiger charge is 2.12. The van der Waals surface area contributed by atoms with Gasteiger partial charge in [0.2, 0.25) is 0 Å². The maximum Gasteiger partial charge on any atom is 0.314 e. The first kappa shape index (κ1) is 9.97. The first-order valence-corrected chi connectivity index (χ1v) is 3.93. The minimum Gasteiger partial charge on any atom is -0.344 e. The molecule has 1 aromatic heterocycles. The highest BCUT2D eigenvalue weighted by molar-refractivity contribution is 6.39. The van der Waals surface area contributed by atoms with Crippen molar-refractivity contribution in [1.82, 2.24) is 15.5 Å². The second-order valence-corrected chi connectivity index (χ2v) is 2.42. The zero-order valence-electron chi connectivity index (χ0n) is 7.41. The van der Waals surface area contributed by atoms with E-state index in [1.807, 2.05) is 0 Å². The summed E-state index contributed by atoms with van der Waals surface area (Å²) in [5, 5.41) is 10.8. The molecule has 0 aliphatic carbocycles. The van der Waals surface area contributed by atoms with E-state index in [-0.39, 0.29) is 6.54 Å². The number of aromatic nitrogens is 2. The number of carbonyl (C=O) groups excluding carboxylic acids is 2. The smallest absolute Gasteiger partial charge is 0.314 e. The van der Waals surface area contributed by atoms with Crippen molar-refractivity contribution in [3.63, 3.8) is 0 Å². The number of amides is 2. The van der Waals surface area contributed by atoms with E-state index in [1.165, 1.54) is 12.3 Å². The van der Waals surface area contributed by atoms with E-state index in [0.29, 0.717) is 5.82 Å². The minimum absolute atomic E-state index is 0.259.